The Bertz CT molecular complexity index is 596. The molecule has 20 heavy (non-hydrogen) atoms. The van der Waals surface area contributed by atoms with E-state index in [1.54, 1.807) is 23.9 Å². The van der Waals surface area contributed by atoms with Gasteiger partial charge in [0.25, 0.3) is 0 Å². The molecule has 2 heterocycles. The van der Waals surface area contributed by atoms with Crippen LogP contribution in [0.25, 0.3) is 0 Å². The van der Waals surface area contributed by atoms with Gasteiger partial charge in [-0.25, -0.2) is 14.9 Å². The van der Waals surface area contributed by atoms with Crippen LogP contribution in [0.2, 0.25) is 5.15 Å². The molecule has 108 valence electrons. The second kappa shape index (κ2) is 7.47. The van der Waals surface area contributed by atoms with Crippen LogP contribution in [-0.4, -0.2) is 33.5 Å². The van der Waals surface area contributed by atoms with E-state index in [1.807, 2.05) is 6.07 Å². The molecule has 0 atom stereocenters. The molecule has 0 fully saturated rings. The Morgan fingerprint density at radius 3 is 3.05 bits per heavy atom. The predicted octanol–water partition coefficient (Wildman–Crippen LogP) is 1.95. The van der Waals surface area contributed by atoms with E-state index in [4.69, 9.17) is 16.3 Å². The fourth-order valence-corrected chi connectivity index (χ4v) is 2.64. The highest BCUT2D eigenvalue weighted by Crippen LogP contribution is 2.20. The molecule has 0 unspecified atom stereocenters. The monoisotopic (exact) mass is 314 g/mol. The van der Waals surface area contributed by atoms with E-state index in [2.05, 4.69) is 15.2 Å². The molecule has 0 saturated heterocycles. The van der Waals surface area contributed by atoms with E-state index in [0.29, 0.717) is 29.2 Å². The maximum Gasteiger partial charge on any atom is 0.343 e. The van der Waals surface area contributed by atoms with Gasteiger partial charge in [0.1, 0.15) is 5.15 Å². The number of aromatic amines is 1. The summed E-state index contributed by atoms with van der Waals surface area (Å²) in [5.41, 5.74) is 0.830. The zero-order valence-electron chi connectivity index (χ0n) is 11.0. The summed E-state index contributed by atoms with van der Waals surface area (Å²) in [5, 5.41) is 7.63. The van der Waals surface area contributed by atoms with Gasteiger partial charge in [-0.3, -0.25) is 4.57 Å². The van der Waals surface area contributed by atoms with Gasteiger partial charge in [-0.15, -0.1) is 5.10 Å². The lowest BCUT2D eigenvalue weighted by atomic mass is 10.3. The van der Waals surface area contributed by atoms with Crippen LogP contribution in [0.3, 0.4) is 0 Å². The van der Waals surface area contributed by atoms with Crippen molar-refractivity contribution in [3.63, 3.8) is 0 Å². The van der Waals surface area contributed by atoms with Crippen molar-refractivity contribution < 1.29 is 4.74 Å². The van der Waals surface area contributed by atoms with Gasteiger partial charge < -0.3 is 4.74 Å². The first-order chi connectivity index (χ1) is 9.70. The van der Waals surface area contributed by atoms with Gasteiger partial charge >= 0.3 is 5.69 Å². The number of nitrogens with zero attached hydrogens (tertiary/aromatic N) is 3. The van der Waals surface area contributed by atoms with Gasteiger partial charge in [0.15, 0.2) is 5.16 Å². The smallest absolute Gasteiger partial charge is 0.343 e. The first kappa shape index (κ1) is 15.1. The van der Waals surface area contributed by atoms with Crippen LogP contribution >= 0.6 is 23.4 Å². The molecule has 0 aliphatic carbocycles. The van der Waals surface area contributed by atoms with Crippen LogP contribution in [0.15, 0.2) is 28.3 Å². The van der Waals surface area contributed by atoms with Gasteiger partial charge in [-0.05, 0) is 18.1 Å². The highest BCUT2D eigenvalue weighted by atomic mass is 35.5. The average molecular weight is 315 g/mol. The number of pyridine rings is 1. The second-order valence-electron chi connectivity index (χ2n) is 4.09. The molecule has 0 radical (unpaired) electrons. The number of aromatic nitrogens is 4. The number of hydrogen-bond donors (Lipinski definition) is 1. The molecule has 2 aromatic heterocycles. The summed E-state index contributed by atoms with van der Waals surface area (Å²) < 4.78 is 6.60. The Kier molecular flexibility index (Phi) is 5.63. The molecule has 0 aliphatic heterocycles. The molecular weight excluding hydrogens is 300 g/mol. The number of halogens is 1. The zero-order chi connectivity index (χ0) is 14.4. The Hall–Kier alpha value is -1.31. The molecule has 1 N–H and O–H groups in total. The predicted molar refractivity (Wildman–Crippen MR) is 78.1 cm³/mol. The minimum atomic E-state index is -0.196. The van der Waals surface area contributed by atoms with Crippen molar-refractivity contribution in [2.75, 3.05) is 13.7 Å². The van der Waals surface area contributed by atoms with E-state index in [9.17, 15) is 4.79 Å². The summed E-state index contributed by atoms with van der Waals surface area (Å²) in [4.78, 5) is 15.7. The lowest BCUT2D eigenvalue weighted by Crippen LogP contribution is -2.18. The average Bonchev–Trinajstić information content (AvgIpc) is 2.80. The van der Waals surface area contributed by atoms with Gasteiger partial charge in [0.2, 0.25) is 0 Å². The fraction of sp³-hybridized carbons (Fsp3) is 0.417. The van der Waals surface area contributed by atoms with Crippen molar-refractivity contribution in [2.24, 2.45) is 0 Å². The molecule has 2 aromatic rings. The van der Waals surface area contributed by atoms with Crippen molar-refractivity contribution in [3.8, 4) is 0 Å². The summed E-state index contributed by atoms with van der Waals surface area (Å²) in [7, 11) is 1.64. The first-order valence-electron chi connectivity index (χ1n) is 6.08. The van der Waals surface area contributed by atoms with Gasteiger partial charge in [-0.2, -0.15) is 0 Å². The summed E-state index contributed by atoms with van der Waals surface area (Å²) in [5.74, 6) is 0.679. The number of H-pyrrole nitrogens is 1. The Balaban J connectivity index is 1.98. The number of thioether (sulfide) groups is 1. The molecule has 2 rings (SSSR count). The minimum absolute atomic E-state index is 0.196. The minimum Gasteiger partial charge on any atom is -0.385 e. The standard InChI is InChI=1S/C12H15ClN4O2S/c1-19-6-2-5-17-11(18)15-16-12(17)20-8-9-3-4-10(13)14-7-9/h3-4,7H,2,5-6,8H2,1H3,(H,15,18). The molecule has 0 saturated carbocycles. The summed E-state index contributed by atoms with van der Waals surface area (Å²) >= 11 is 7.22. The topological polar surface area (TPSA) is 72.8 Å². The summed E-state index contributed by atoms with van der Waals surface area (Å²) in [6.07, 6.45) is 2.49. The first-order valence-corrected chi connectivity index (χ1v) is 7.44. The Morgan fingerprint density at radius 1 is 1.50 bits per heavy atom. The normalized spacial score (nSPS) is 10.9. The number of ether oxygens (including phenoxy) is 1. The molecule has 0 aromatic carbocycles. The van der Waals surface area contributed by atoms with Crippen molar-refractivity contribution >= 4 is 23.4 Å². The third-order valence-electron chi connectivity index (χ3n) is 2.61. The van der Waals surface area contributed by atoms with Gasteiger partial charge in [0, 0.05) is 32.2 Å². The number of methoxy groups -OCH3 is 1. The summed E-state index contributed by atoms with van der Waals surface area (Å²) in [6.45, 7) is 1.20. The van der Waals surface area contributed by atoms with E-state index < -0.39 is 0 Å². The van der Waals surface area contributed by atoms with Crippen LogP contribution in [0, 0.1) is 0 Å². The van der Waals surface area contributed by atoms with Gasteiger partial charge in [0.05, 0.1) is 0 Å². The largest absolute Gasteiger partial charge is 0.385 e. The molecule has 8 heteroatoms. The molecule has 0 bridgehead atoms. The molecule has 0 amide bonds. The zero-order valence-corrected chi connectivity index (χ0v) is 12.6. The van der Waals surface area contributed by atoms with E-state index in [0.717, 1.165) is 12.0 Å². The van der Waals surface area contributed by atoms with Crippen molar-refractivity contribution in [2.45, 2.75) is 23.9 Å². The van der Waals surface area contributed by atoms with Crippen LogP contribution in [0.5, 0.6) is 0 Å². The third-order valence-corrected chi connectivity index (χ3v) is 3.88. The van der Waals surface area contributed by atoms with E-state index in [1.165, 1.54) is 11.8 Å². The molecular formula is C12H15ClN4O2S. The van der Waals surface area contributed by atoms with Crippen LogP contribution in [0.1, 0.15) is 12.0 Å². The maximum atomic E-state index is 11.7. The lowest BCUT2D eigenvalue weighted by Gasteiger charge is -2.05. The second-order valence-corrected chi connectivity index (χ2v) is 5.42. The Morgan fingerprint density at radius 2 is 2.35 bits per heavy atom. The van der Waals surface area contributed by atoms with Crippen LogP contribution < -0.4 is 5.69 Å². The summed E-state index contributed by atoms with van der Waals surface area (Å²) in [6, 6.07) is 3.65. The highest BCUT2D eigenvalue weighted by molar-refractivity contribution is 7.98. The van der Waals surface area contributed by atoms with Gasteiger partial charge in [-0.1, -0.05) is 29.4 Å². The van der Waals surface area contributed by atoms with Crippen LogP contribution in [0.4, 0.5) is 0 Å². The fourth-order valence-electron chi connectivity index (χ4n) is 1.62. The Labute approximate surface area is 125 Å². The third kappa shape index (κ3) is 4.09. The van der Waals surface area contributed by atoms with E-state index >= 15 is 0 Å². The van der Waals surface area contributed by atoms with E-state index in [-0.39, 0.29) is 5.69 Å². The highest BCUT2D eigenvalue weighted by Gasteiger charge is 2.09. The number of hydrogen-bond acceptors (Lipinski definition) is 5. The molecule has 6 nitrogen and oxygen atoms in total. The number of nitrogens with one attached hydrogen (secondary N) is 1. The van der Waals surface area contributed by atoms with Crippen molar-refractivity contribution in [1.29, 1.82) is 0 Å². The maximum absolute atomic E-state index is 11.7. The number of rotatable bonds is 7. The van der Waals surface area contributed by atoms with Crippen molar-refractivity contribution in [3.05, 3.63) is 39.5 Å². The van der Waals surface area contributed by atoms with Crippen molar-refractivity contribution in [1.82, 2.24) is 19.7 Å². The SMILES string of the molecule is COCCCn1c(SCc2ccc(Cl)nc2)n[nH]c1=O. The molecule has 0 aliphatic rings. The molecule has 0 spiro atoms. The quantitative estimate of drug-likeness (QED) is 0.480. The van der Waals surface area contributed by atoms with Crippen LogP contribution in [-0.2, 0) is 17.0 Å². The lowest BCUT2D eigenvalue weighted by molar-refractivity contribution is 0.189.